The van der Waals surface area contributed by atoms with E-state index >= 15 is 0 Å². The summed E-state index contributed by atoms with van der Waals surface area (Å²) in [6, 6.07) is 12.0. The van der Waals surface area contributed by atoms with Crippen molar-refractivity contribution in [1.82, 2.24) is 19.4 Å². The number of ether oxygens (including phenoxy) is 1. The number of likely N-dealkylation sites (tertiary alicyclic amines) is 1. The molecule has 0 bridgehead atoms. The molecule has 1 aliphatic heterocycles. The highest BCUT2D eigenvalue weighted by molar-refractivity contribution is 7.86. The maximum absolute atomic E-state index is 14.0. The predicted molar refractivity (Wildman–Crippen MR) is 146 cm³/mol. The van der Waals surface area contributed by atoms with Crippen molar-refractivity contribution >= 4 is 43.1 Å². The highest BCUT2D eigenvalue weighted by Gasteiger charge is 2.30. The zero-order valence-corrected chi connectivity index (χ0v) is 22.2. The number of benzene rings is 2. The molecule has 2 aromatic carbocycles. The molecule has 6 rings (SSSR count). The molecular formula is C28H24FN5O4S. The van der Waals surface area contributed by atoms with Gasteiger partial charge in [0.15, 0.2) is 5.43 Å². The lowest BCUT2D eigenvalue weighted by Gasteiger charge is -2.39. The van der Waals surface area contributed by atoms with Gasteiger partial charge >= 0.3 is 10.2 Å². The molecule has 5 aromatic rings. The zero-order valence-electron chi connectivity index (χ0n) is 21.4. The highest BCUT2D eigenvalue weighted by Crippen LogP contribution is 2.39. The number of aromatic amines is 1. The van der Waals surface area contributed by atoms with Crippen LogP contribution in [0.2, 0.25) is 0 Å². The molecule has 4 heterocycles. The zero-order chi connectivity index (χ0) is 27.6. The van der Waals surface area contributed by atoms with Crippen molar-refractivity contribution in [1.29, 1.82) is 5.26 Å². The van der Waals surface area contributed by atoms with E-state index in [0.29, 0.717) is 49.9 Å². The van der Waals surface area contributed by atoms with Crippen LogP contribution in [0.1, 0.15) is 25.5 Å². The molecule has 3 aromatic heterocycles. The monoisotopic (exact) mass is 545 g/mol. The first-order valence-corrected chi connectivity index (χ1v) is 13.8. The van der Waals surface area contributed by atoms with Gasteiger partial charge in [-0.2, -0.15) is 13.7 Å². The van der Waals surface area contributed by atoms with E-state index < -0.39 is 15.1 Å². The largest absolute Gasteiger partial charge is 0.490 e. The topological polar surface area (TPSA) is 121 Å². The Morgan fingerprint density at radius 3 is 2.59 bits per heavy atom. The minimum absolute atomic E-state index is 0.0458. The van der Waals surface area contributed by atoms with Gasteiger partial charge in [0.2, 0.25) is 0 Å². The molecule has 9 nitrogen and oxygen atoms in total. The normalized spacial score (nSPS) is 14.8. The van der Waals surface area contributed by atoms with E-state index in [-0.39, 0.29) is 17.6 Å². The number of nitrogens with one attached hydrogen (secondary N) is 1. The summed E-state index contributed by atoms with van der Waals surface area (Å²) in [6.07, 6.45) is 2.13. The standard InChI is InChI=1S/C28H24FN5O4S/c1-15(2)38-25-9-22-24(8-21(25)17-7-19(12-31-11-17)39(29,36)37)34(18-13-33(3)14-18)28-26(27(22)35)20-5-4-16(10-30)6-23(20)32-28/h4-9,11-12,15,18,32H,13-14H2,1-3H3. The van der Waals surface area contributed by atoms with Crippen LogP contribution in [-0.4, -0.2) is 54.1 Å². The van der Waals surface area contributed by atoms with E-state index in [1.165, 1.54) is 12.3 Å². The summed E-state index contributed by atoms with van der Waals surface area (Å²) >= 11 is 0. The fourth-order valence-electron chi connectivity index (χ4n) is 5.35. The summed E-state index contributed by atoms with van der Waals surface area (Å²) in [5.41, 5.74) is 3.05. The van der Waals surface area contributed by atoms with Gasteiger partial charge in [0.1, 0.15) is 16.3 Å². The summed E-state index contributed by atoms with van der Waals surface area (Å²) in [4.78, 5) is 23.0. The number of nitrogens with zero attached hydrogens (tertiary/aromatic N) is 4. The molecule has 0 atom stereocenters. The van der Waals surface area contributed by atoms with Crippen molar-refractivity contribution in [2.45, 2.75) is 30.9 Å². The van der Waals surface area contributed by atoms with Crippen LogP contribution in [0.5, 0.6) is 5.75 Å². The number of nitriles is 1. The van der Waals surface area contributed by atoms with Crippen LogP contribution in [0.15, 0.2) is 58.5 Å². The van der Waals surface area contributed by atoms with Gasteiger partial charge < -0.3 is 19.2 Å². The molecular weight excluding hydrogens is 521 g/mol. The molecule has 0 aliphatic carbocycles. The number of halogens is 1. The Morgan fingerprint density at radius 2 is 1.92 bits per heavy atom. The van der Waals surface area contributed by atoms with Crippen LogP contribution < -0.4 is 10.2 Å². The minimum atomic E-state index is -4.98. The molecule has 0 saturated carbocycles. The van der Waals surface area contributed by atoms with Gasteiger partial charge in [-0.1, -0.05) is 6.07 Å². The summed E-state index contributed by atoms with van der Waals surface area (Å²) in [5.74, 6) is 0.355. The third-order valence-corrected chi connectivity index (χ3v) is 7.84. The van der Waals surface area contributed by atoms with Crippen molar-refractivity contribution in [2.75, 3.05) is 20.1 Å². The van der Waals surface area contributed by atoms with Crippen LogP contribution >= 0.6 is 0 Å². The average molecular weight is 546 g/mol. The first-order chi connectivity index (χ1) is 18.5. The lowest BCUT2D eigenvalue weighted by Crippen LogP contribution is -2.45. The summed E-state index contributed by atoms with van der Waals surface area (Å²) in [6.45, 7) is 5.19. The SMILES string of the molecule is CC(C)Oc1cc2c(=O)c3c4ccc(C#N)cc4[nH]c3n(C3CN(C)C3)c2cc1-c1cncc(S(=O)(=O)F)c1. The first kappa shape index (κ1) is 25.0. The fourth-order valence-corrected chi connectivity index (χ4v) is 5.81. The van der Waals surface area contributed by atoms with Crippen LogP contribution in [0, 0.1) is 11.3 Å². The van der Waals surface area contributed by atoms with Gasteiger partial charge in [0.05, 0.1) is 40.1 Å². The second-order valence-electron chi connectivity index (χ2n) is 10.2. The molecule has 1 fully saturated rings. The van der Waals surface area contributed by atoms with Gasteiger partial charge in [0.25, 0.3) is 0 Å². The van der Waals surface area contributed by atoms with E-state index in [0.717, 1.165) is 24.7 Å². The van der Waals surface area contributed by atoms with Crippen LogP contribution in [0.4, 0.5) is 3.89 Å². The van der Waals surface area contributed by atoms with E-state index in [1.54, 1.807) is 30.3 Å². The fraction of sp³-hybridized carbons (Fsp3) is 0.250. The number of hydrogen-bond acceptors (Lipinski definition) is 7. The quantitative estimate of drug-likeness (QED) is 0.323. The number of fused-ring (bicyclic) bond motifs is 4. The number of rotatable bonds is 5. The third kappa shape index (κ3) is 4.13. The Morgan fingerprint density at radius 1 is 1.15 bits per heavy atom. The summed E-state index contributed by atoms with van der Waals surface area (Å²) in [5, 5.41) is 11.1. The second-order valence-corrected chi connectivity index (χ2v) is 11.5. The van der Waals surface area contributed by atoms with E-state index in [2.05, 4.69) is 25.5 Å². The molecule has 1 aliphatic rings. The molecule has 1 saturated heterocycles. The van der Waals surface area contributed by atoms with Crippen molar-refractivity contribution in [2.24, 2.45) is 0 Å². The van der Waals surface area contributed by atoms with Gasteiger partial charge in [-0.15, -0.1) is 3.89 Å². The van der Waals surface area contributed by atoms with E-state index in [4.69, 9.17) is 4.74 Å². The third-order valence-electron chi connectivity index (χ3n) is 7.06. The van der Waals surface area contributed by atoms with Crippen LogP contribution in [0.25, 0.3) is 44.0 Å². The Bertz CT molecular complexity index is 2020. The van der Waals surface area contributed by atoms with Crippen molar-refractivity contribution in [3.8, 4) is 22.9 Å². The van der Waals surface area contributed by atoms with Gasteiger partial charge in [-0.3, -0.25) is 9.78 Å². The van der Waals surface area contributed by atoms with Gasteiger partial charge in [0, 0.05) is 47.5 Å². The number of hydrogen-bond donors (Lipinski definition) is 1. The predicted octanol–water partition coefficient (Wildman–Crippen LogP) is 4.50. The summed E-state index contributed by atoms with van der Waals surface area (Å²) < 4.78 is 45.3. The maximum atomic E-state index is 14.0. The van der Waals surface area contributed by atoms with E-state index in [1.807, 2.05) is 20.9 Å². The molecule has 39 heavy (non-hydrogen) atoms. The first-order valence-electron chi connectivity index (χ1n) is 12.4. The average Bonchev–Trinajstić information content (AvgIpc) is 3.25. The number of aromatic nitrogens is 3. The van der Waals surface area contributed by atoms with Crippen LogP contribution in [-0.2, 0) is 10.2 Å². The molecule has 0 spiro atoms. The van der Waals surface area contributed by atoms with Crippen LogP contribution in [0.3, 0.4) is 0 Å². The summed E-state index contributed by atoms with van der Waals surface area (Å²) in [7, 11) is -2.97. The van der Waals surface area contributed by atoms with Gasteiger partial charge in [-0.05, 0) is 51.2 Å². The smallest absolute Gasteiger partial charge is 0.333 e. The lowest BCUT2D eigenvalue weighted by molar-refractivity contribution is 0.146. The molecule has 198 valence electrons. The number of likely N-dealkylation sites (N-methyl/N-ethyl adjacent to an activating group) is 1. The molecule has 0 unspecified atom stereocenters. The Hall–Kier alpha value is -4.27. The van der Waals surface area contributed by atoms with Crippen molar-refractivity contribution in [3.05, 3.63) is 64.6 Å². The number of pyridine rings is 2. The Kier molecular flexibility index (Phi) is 5.71. The Balaban J connectivity index is 1.74. The molecule has 1 N–H and O–H groups in total. The lowest BCUT2D eigenvalue weighted by atomic mass is 10.00. The highest BCUT2D eigenvalue weighted by atomic mass is 32.3. The van der Waals surface area contributed by atoms with Crippen molar-refractivity contribution < 1.29 is 17.0 Å². The molecule has 11 heteroatoms. The number of H-pyrrole nitrogens is 1. The molecule has 0 amide bonds. The molecule has 0 radical (unpaired) electrons. The van der Waals surface area contributed by atoms with E-state index in [9.17, 15) is 22.4 Å². The Labute approximate surface area is 223 Å². The maximum Gasteiger partial charge on any atom is 0.333 e. The van der Waals surface area contributed by atoms with Gasteiger partial charge in [-0.25, -0.2) is 0 Å². The van der Waals surface area contributed by atoms with Crippen molar-refractivity contribution in [3.63, 3.8) is 0 Å². The second kappa shape index (κ2) is 8.90. The minimum Gasteiger partial charge on any atom is -0.490 e.